The van der Waals surface area contributed by atoms with Crippen molar-refractivity contribution in [2.45, 2.75) is 19.3 Å². The Morgan fingerprint density at radius 1 is 1.15 bits per heavy atom. The van der Waals surface area contributed by atoms with Gasteiger partial charge in [0.05, 0.1) is 15.7 Å². The van der Waals surface area contributed by atoms with Crippen molar-refractivity contribution in [2.75, 3.05) is 11.9 Å². The van der Waals surface area contributed by atoms with Crippen molar-refractivity contribution in [3.63, 3.8) is 0 Å². The molecule has 1 aliphatic heterocycles. The van der Waals surface area contributed by atoms with Gasteiger partial charge in [-0.15, -0.1) is 0 Å². The molecule has 0 unspecified atom stereocenters. The van der Waals surface area contributed by atoms with Crippen LogP contribution in [0.5, 0.6) is 0 Å². The lowest BCUT2D eigenvalue weighted by atomic mass is 10.0. The van der Waals surface area contributed by atoms with Crippen LogP contribution < -0.4 is 5.32 Å². The van der Waals surface area contributed by atoms with Crippen LogP contribution in [0.15, 0.2) is 18.2 Å². The predicted octanol–water partition coefficient (Wildman–Crippen LogP) is 4.86. The lowest BCUT2D eigenvalue weighted by Gasteiger charge is -2.13. The van der Waals surface area contributed by atoms with Crippen LogP contribution in [0.25, 0.3) is 11.3 Å². The zero-order valence-corrected chi connectivity index (χ0v) is 13.0. The number of aromatic amines is 1. The number of rotatable bonds is 1. The van der Waals surface area contributed by atoms with Crippen LogP contribution in [-0.4, -0.2) is 16.5 Å². The van der Waals surface area contributed by atoms with Gasteiger partial charge in [-0.2, -0.15) is 0 Å². The van der Waals surface area contributed by atoms with Gasteiger partial charge >= 0.3 is 0 Å². The van der Waals surface area contributed by atoms with Gasteiger partial charge in [-0.3, -0.25) is 0 Å². The molecule has 0 atom stereocenters. The molecule has 2 N–H and O–H groups in total. The SMILES string of the molecule is S=c1nc2c(c(-c3ccc(Cl)c(Cl)c3)[nH]1)CCCCN2. The number of nitrogens with one attached hydrogen (secondary N) is 2. The minimum Gasteiger partial charge on any atom is -0.370 e. The van der Waals surface area contributed by atoms with E-state index in [-0.39, 0.29) is 0 Å². The maximum Gasteiger partial charge on any atom is 0.199 e. The minimum absolute atomic E-state index is 0.472. The normalized spacial score (nSPS) is 14.3. The highest BCUT2D eigenvalue weighted by atomic mass is 35.5. The number of fused-ring (bicyclic) bond motifs is 1. The highest BCUT2D eigenvalue weighted by molar-refractivity contribution is 7.71. The smallest absolute Gasteiger partial charge is 0.199 e. The maximum absolute atomic E-state index is 6.12. The van der Waals surface area contributed by atoms with Crippen LogP contribution in [0.1, 0.15) is 18.4 Å². The summed E-state index contributed by atoms with van der Waals surface area (Å²) in [7, 11) is 0. The van der Waals surface area contributed by atoms with Crippen LogP contribution in [-0.2, 0) is 6.42 Å². The Bertz CT molecular complexity index is 712. The van der Waals surface area contributed by atoms with Crippen LogP contribution in [0.4, 0.5) is 5.82 Å². The van der Waals surface area contributed by atoms with Gasteiger partial charge < -0.3 is 10.3 Å². The zero-order chi connectivity index (χ0) is 14.1. The summed E-state index contributed by atoms with van der Waals surface area (Å²) < 4.78 is 0.472. The topological polar surface area (TPSA) is 40.7 Å². The van der Waals surface area contributed by atoms with Crippen LogP contribution in [0.3, 0.4) is 0 Å². The van der Waals surface area contributed by atoms with E-state index in [9.17, 15) is 0 Å². The van der Waals surface area contributed by atoms with Crippen LogP contribution in [0, 0.1) is 4.77 Å². The molecule has 0 radical (unpaired) electrons. The number of halogens is 2. The molecule has 104 valence electrons. The van der Waals surface area contributed by atoms with E-state index in [0.717, 1.165) is 48.4 Å². The van der Waals surface area contributed by atoms with Crippen molar-refractivity contribution in [1.82, 2.24) is 9.97 Å². The maximum atomic E-state index is 6.12. The summed E-state index contributed by atoms with van der Waals surface area (Å²) >= 11 is 17.3. The van der Waals surface area contributed by atoms with E-state index in [1.54, 1.807) is 6.07 Å². The first-order valence-electron chi connectivity index (χ1n) is 6.47. The first-order valence-corrected chi connectivity index (χ1v) is 7.64. The van der Waals surface area contributed by atoms with Crippen molar-refractivity contribution in [3.8, 4) is 11.3 Å². The van der Waals surface area contributed by atoms with Gasteiger partial charge in [0, 0.05) is 12.1 Å². The summed E-state index contributed by atoms with van der Waals surface area (Å²) in [6, 6.07) is 5.60. The highest BCUT2D eigenvalue weighted by Gasteiger charge is 2.16. The predicted molar refractivity (Wildman–Crippen MR) is 86.3 cm³/mol. The Hall–Kier alpha value is -1.10. The number of hydrogen-bond acceptors (Lipinski definition) is 3. The fourth-order valence-corrected chi connectivity index (χ4v) is 2.91. The van der Waals surface area contributed by atoms with Crippen molar-refractivity contribution in [3.05, 3.63) is 38.6 Å². The molecular weight excluding hydrogens is 313 g/mol. The third kappa shape index (κ3) is 2.68. The molecule has 0 saturated carbocycles. The fraction of sp³-hybridized carbons (Fsp3) is 0.286. The van der Waals surface area contributed by atoms with Gasteiger partial charge in [0.1, 0.15) is 5.82 Å². The van der Waals surface area contributed by atoms with E-state index < -0.39 is 0 Å². The monoisotopic (exact) mass is 325 g/mol. The molecule has 3 rings (SSSR count). The minimum atomic E-state index is 0.472. The second-order valence-corrected chi connectivity index (χ2v) is 5.96. The molecule has 1 aromatic heterocycles. The summed E-state index contributed by atoms with van der Waals surface area (Å²) in [5.74, 6) is 0.882. The summed E-state index contributed by atoms with van der Waals surface area (Å²) in [5, 5.41) is 4.43. The Kier molecular flexibility index (Phi) is 3.96. The molecular formula is C14H13Cl2N3S. The summed E-state index contributed by atoms with van der Waals surface area (Å²) in [5.41, 5.74) is 3.12. The van der Waals surface area contributed by atoms with E-state index in [1.165, 1.54) is 0 Å². The molecule has 0 spiro atoms. The molecule has 0 aliphatic carbocycles. The largest absolute Gasteiger partial charge is 0.370 e. The standard InChI is InChI=1S/C14H13Cl2N3S/c15-10-5-4-8(7-11(10)16)12-9-3-1-2-6-17-13(9)19-14(20)18-12/h4-5,7H,1-3,6H2,(H2,17,18,19,20). The lowest BCUT2D eigenvalue weighted by molar-refractivity contribution is 0.785. The van der Waals surface area contributed by atoms with E-state index >= 15 is 0 Å². The number of benzene rings is 1. The highest BCUT2D eigenvalue weighted by Crippen LogP contribution is 2.32. The third-order valence-corrected chi connectivity index (χ3v) is 4.32. The van der Waals surface area contributed by atoms with Crippen molar-refractivity contribution >= 4 is 41.2 Å². The Morgan fingerprint density at radius 2 is 2.00 bits per heavy atom. The second kappa shape index (κ2) is 5.72. The molecule has 0 bridgehead atoms. The van der Waals surface area contributed by atoms with Crippen LogP contribution in [0.2, 0.25) is 10.0 Å². The summed E-state index contributed by atoms with van der Waals surface area (Å²) in [6.07, 6.45) is 3.22. The fourth-order valence-electron chi connectivity index (χ4n) is 2.42. The van der Waals surface area contributed by atoms with Crippen LogP contribution >= 0.6 is 35.4 Å². The van der Waals surface area contributed by atoms with Gasteiger partial charge in [-0.1, -0.05) is 29.3 Å². The van der Waals surface area contributed by atoms with Gasteiger partial charge in [0.25, 0.3) is 0 Å². The quantitative estimate of drug-likeness (QED) is 0.735. The number of H-pyrrole nitrogens is 1. The van der Waals surface area contributed by atoms with E-state index in [1.807, 2.05) is 12.1 Å². The molecule has 1 aromatic carbocycles. The number of aromatic nitrogens is 2. The van der Waals surface area contributed by atoms with Crippen molar-refractivity contribution in [1.29, 1.82) is 0 Å². The molecule has 0 saturated heterocycles. The Balaban J connectivity index is 2.19. The molecule has 20 heavy (non-hydrogen) atoms. The van der Waals surface area contributed by atoms with E-state index in [2.05, 4.69) is 15.3 Å². The van der Waals surface area contributed by atoms with Gasteiger partial charge in [0.15, 0.2) is 4.77 Å². The van der Waals surface area contributed by atoms with Gasteiger partial charge in [-0.25, -0.2) is 4.98 Å². The van der Waals surface area contributed by atoms with Crippen molar-refractivity contribution < 1.29 is 0 Å². The molecule has 2 heterocycles. The summed E-state index contributed by atoms with van der Waals surface area (Å²) in [4.78, 5) is 7.58. The summed E-state index contributed by atoms with van der Waals surface area (Å²) in [6.45, 7) is 0.930. The molecule has 3 nitrogen and oxygen atoms in total. The number of hydrogen-bond donors (Lipinski definition) is 2. The molecule has 1 aliphatic rings. The van der Waals surface area contributed by atoms with Gasteiger partial charge in [0.2, 0.25) is 0 Å². The van der Waals surface area contributed by atoms with Gasteiger partial charge in [-0.05, 0) is 49.2 Å². The first-order chi connectivity index (χ1) is 9.65. The Morgan fingerprint density at radius 3 is 2.80 bits per heavy atom. The van der Waals surface area contributed by atoms with E-state index in [4.69, 9.17) is 35.4 Å². The number of anilines is 1. The molecule has 6 heteroatoms. The average Bonchev–Trinajstić information content (AvgIpc) is 2.66. The first kappa shape index (κ1) is 13.9. The molecule has 0 amide bonds. The second-order valence-electron chi connectivity index (χ2n) is 4.76. The third-order valence-electron chi connectivity index (χ3n) is 3.39. The zero-order valence-electron chi connectivity index (χ0n) is 10.7. The Labute approximate surface area is 132 Å². The molecule has 0 fully saturated rings. The molecule has 2 aromatic rings. The number of nitrogens with zero attached hydrogens (tertiary/aromatic N) is 1. The average molecular weight is 326 g/mol. The van der Waals surface area contributed by atoms with Crippen molar-refractivity contribution in [2.24, 2.45) is 0 Å². The van der Waals surface area contributed by atoms with E-state index in [0.29, 0.717) is 14.8 Å². The lowest BCUT2D eigenvalue weighted by Crippen LogP contribution is -2.05.